The zero-order valence-electron chi connectivity index (χ0n) is 20.2. The van der Waals surface area contributed by atoms with Crippen LogP contribution in [0.2, 0.25) is 0 Å². The summed E-state index contributed by atoms with van der Waals surface area (Å²) in [6.07, 6.45) is 4.01. The van der Waals surface area contributed by atoms with E-state index in [0.717, 1.165) is 31.5 Å². The van der Waals surface area contributed by atoms with Gasteiger partial charge in [-0.05, 0) is 48.4 Å². The van der Waals surface area contributed by atoms with E-state index in [9.17, 15) is 9.59 Å². The van der Waals surface area contributed by atoms with Crippen LogP contribution >= 0.6 is 0 Å². The summed E-state index contributed by atoms with van der Waals surface area (Å²) in [4.78, 5) is 27.3. The molecule has 0 radical (unpaired) electrons. The molecule has 0 saturated carbocycles. The summed E-state index contributed by atoms with van der Waals surface area (Å²) >= 11 is 0. The molecule has 3 rings (SSSR count). The van der Waals surface area contributed by atoms with Crippen molar-refractivity contribution in [1.29, 1.82) is 0 Å². The molecule has 1 aliphatic heterocycles. The van der Waals surface area contributed by atoms with Gasteiger partial charge in [-0.1, -0.05) is 56.3 Å². The number of carbonyl (C=O) groups is 2. The number of amides is 2. The first-order chi connectivity index (χ1) is 16.5. The number of benzene rings is 2. The van der Waals surface area contributed by atoms with Crippen molar-refractivity contribution in [2.45, 2.75) is 45.1 Å². The Hall–Kier alpha value is -3.03. The molecule has 2 amide bonds. The smallest absolute Gasteiger partial charge is 0.257 e. The van der Waals surface area contributed by atoms with Gasteiger partial charge in [0.1, 0.15) is 0 Å². The average Bonchev–Trinajstić information content (AvgIpc) is 2.87. The van der Waals surface area contributed by atoms with Crippen LogP contribution in [0.5, 0.6) is 0 Å². The Labute approximate surface area is 202 Å². The predicted molar refractivity (Wildman–Crippen MR) is 135 cm³/mol. The van der Waals surface area contributed by atoms with Crippen molar-refractivity contribution in [3.8, 4) is 0 Å². The predicted octanol–water partition coefficient (Wildman–Crippen LogP) is 3.56. The number of hydrazone groups is 1. The van der Waals surface area contributed by atoms with E-state index >= 15 is 0 Å². The molecule has 0 spiro atoms. The number of nitrogens with zero attached hydrogens (tertiary/aromatic N) is 2. The molecule has 182 valence electrons. The molecular weight excluding hydrogens is 428 g/mol. The van der Waals surface area contributed by atoms with Crippen molar-refractivity contribution in [2.24, 2.45) is 5.10 Å². The summed E-state index contributed by atoms with van der Waals surface area (Å²) in [6.45, 7) is 7.60. The molecule has 1 unspecified atom stereocenters. The Balaban J connectivity index is 1.47. The van der Waals surface area contributed by atoms with Gasteiger partial charge in [0, 0.05) is 25.2 Å². The molecule has 0 aliphatic carbocycles. The number of ether oxygens (including phenoxy) is 1. The Bertz CT molecular complexity index is 923. The van der Waals surface area contributed by atoms with Gasteiger partial charge in [0.2, 0.25) is 0 Å². The van der Waals surface area contributed by atoms with Gasteiger partial charge in [0.05, 0.1) is 25.5 Å². The van der Waals surface area contributed by atoms with E-state index in [0.29, 0.717) is 37.7 Å². The highest BCUT2D eigenvalue weighted by Gasteiger charge is 2.26. The van der Waals surface area contributed by atoms with Gasteiger partial charge in [0.25, 0.3) is 11.8 Å². The normalized spacial score (nSPS) is 15.4. The van der Waals surface area contributed by atoms with E-state index in [2.05, 4.69) is 46.7 Å². The highest BCUT2D eigenvalue weighted by atomic mass is 16.5. The summed E-state index contributed by atoms with van der Waals surface area (Å²) in [5, 5.41) is 7.14. The SMILES string of the molecule is CC(C)c1ccc(C=NNC(=O)C(CCCCNC(=O)c2ccccc2)N2CCOCC2)cc1. The van der Waals surface area contributed by atoms with Crippen LogP contribution in [0.15, 0.2) is 59.7 Å². The van der Waals surface area contributed by atoms with Gasteiger partial charge in [-0.2, -0.15) is 5.10 Å². The molecule has 7 heteroatoms. The summed E-state index contributed by atoms with van der Waals surface area (Å²) in [6, 6.07) is 17.1. The Morgan fingerprint density at radius 2 is 1.74 bits per heavy atom. The molecule has 2 aromatic carbocycles. The molecule has 1 fully saturated rings. The lowest BCUT2D eigenvalue weighted by Gasteiger charge is -2.33. The second-order valence-electron chi connectivity index (χ2n) is 8.84. The fourth-order valence-corrected chi connectivity index (χ4v) is 3.94. The van der Waals surface area contributed by atoms with Crippen LogP contribution in [-0.2, 0) is 9.53 Å². The van der Waals surface area contributed by atoms with Gasteiger partial charge in [-0.3, -0.25) is 14.5 Å². The number of nitrogens with one attached hydrogen (secondary N) is 2. The van der Waals surface area contributed by atoms with Crippen molar-refractivity contribution in [2.75, 3.05) is 32.8 Å². The summed E-state index contributed by atoms with van der Waals surface area (Å²) in [5.74, 6) is 0.302. The van der Waals surface area contributed by atoms with Crippen LogP contribution < -0.4 is 10.7 Å². The largest absolute Gasteiger partial charge is 0.379 e. The number of carbonyl (C=O) groups excluding carboxylic acids is 2. The van der Waals surface area contributed by atoms with Crippen molar-refractivity contribution >= 4 is 18.0 Å². The lowest BCUT2D eigenvalue weighted by Crippen LogP contribution is -2.50. The zero-order valence-corrected chi connectivity index (χ0v) is 20.2. The first-order valence-corrected chi connectivity index (χ1v) is 12.1. The number of rotatable bonds is 11. The Kier molecular flexibility index (Phi) is 10.3. The molecule has 1 aliphatic rings. The van der Waals surface area contributed by atoms with Crippen molar-refractivity contribution in [1.82, 2.24) is 15.6 Å². The van der Waals surface area contributed by atoms with E-state index in [1.807, 2.05) is 30.3 Å². The van der Waals surface area contributed by atoms with E-state index in [4.69, 9.17) is 4.74 Å². The number of morpholine rings is 1. The topological polar surface area (TPSA) is 83.0 Å². The van der Waals surface area contributed by atoms with Gasteiger partial charge < -0.3 is 10.1 Å². The van der Waals surface area contributed by atoms with Crippen LogP contribution in [0.3, 0.4) is 0 Å². The fourth-order valence-electron chi connectivity index (χ4n) is 3.94. The van der Waals surface area contributed by atoms with Crippen LogP contribution in [-0.4, -0.2) is 61.8 Å². The average molecular weight is 465 g/mol. The number of hydrogen-bond donors (Lipinski definition) is 2. The molecule has 1 heterocycles. The van der Waals surface area contributed by atoms with E-state index in [-0.39, 0.29) is 17.9 Å². The minimum Gasteiger partial charge on any atom is -0.379 e. The molecule has 2 aromatic rings. The highest BCUT2D eigenvalue weighted by Crippen LogP contribution is 2.14. The summed E-state index contributed by atoms with van der Waals surface area (Å²) in [7, 11) is 0. The maximum Gasteiger partial charge on any atom is 0.257 e. The third-order valence-corrected chi connectivity index (χ3v) is 6.01. The van der Waals surface area contributed by atoms with Crippen LogP contribution in [0.25, 0.3) is 0 Å². The summed E-state index contributed by atoms with van der Waals surface area (Å²) < 4.78 is 5.46. The minimum atomic E-state index is -0.269. The third-order valence-electron chi connectivity index (χ3n) is 6.01. The third kappa shape index (κ3) is 8.08. The second kappa shape index (κ2) is 13.6. The summed E-state index contributed by atoms with van der Waals surface area (Å²) in [5.41, 5.74) is 5.60. The maximum absolute atomic E-state index is 13.0. The van der Waals surface area contributed by atoms with E-state index in [1.54, 1.807) is 18.3 Å². The monoisotopic (exact) mass is 464 g/mol. The first kappa shape index (κ1) is 25.6. The van der Waals surface area contributed by atoms with Crippen LogP contribution in [0, 0.1) is 0 Å². The lowest BCUT2D eigenvalue weighted by molar-refractivity contribution is -0.128. The van der Waals surface area contributed by atoms with Gasteiger partial charge >= 0.3 is 0 Å². The highest BCUT2D eigenvalue weighted by molar-refractivity contribution is 5.94. The quantitative estimate of drug-likeness (QED) is 0.303. The van der Waals surface area contributed by atoms with Crippen LogP contribution in [0.4, 0.5) is 0 Å². The molecule has 0 bridgehead atoms. The van der Waals surface area contributed by atoms with Crippen molar-refractivity contribution in [3.05, 3.63) is 71.3 Å². The van der Waals surface area contributed by atoms with Gasteiger partial charge in [0.15, 0.2) is 0 Å². The minimum absolute atomic E-state index is 0.0705. The van der Waals surface area contributed by atoms with Crippen molar-refractivity contribution in [3.63, 3.8) is 0 Å². The molecule has 0 aromatic heterocycles. The molecule has 1 saturated heterocycles. The van der Waals surface area contributed by atoms with Crippen LogP contribution in [0.1, 0.15) is 60.5 Å². The maximum atomic E-state index is 13.0. The Morgan fingerprint density at radius 1 is 1.03 bits per heavy atom. The molecule has 2 N–H and O–H groups in total. The standard InChI is InChI=1S/C27H36N4O3/c1-21(2)23-13-11-22(12-14-23)20-29-30-27(33)25(31-16-18-34-19-17-31)10-6-7-15-28-26(32)24-8-4-3-5-9-24/h3-5,8-9,11-14,20-21,25H,6-7,10,15-19H2,1-2H3,(H,28,32)(H,30,33). The molecular formula is C27H36N4O3. The van der Waals surface area contributed by atoms with Gasteiger partial charge in [-0.15, -0.1) is 0 Å². The van der Waals surface area contributed by atoms with Crippen molar-refractivity contribution < 1.29 is 14.3 Å². The molecule has 34 heavy (non-hydrogen) atoms. The number of unbranched alkanes of at least 4 members (excludes halogenated alkanes) is 1. The molecule has 7 nitrogen and oxygen atoms in total. The first-order valence-electron chi connectivity index (χ1n) is 12.1. The zero-order chi connectivity index (χ0) is 24.2. The second-order valence-corrected chi connectivity index (χ2v) is 8.84. The lowest BCUT2D eigenvalue weighted by atomic mass is 10.0. The fraction of sp³-hybridized carbons (Fsp3) is 0.444. The molecule has 1 atom stereocenters. The van der Waals surface area contributed by atoms with Gasteiger partial charge in [-0.25, -0.2) is 5.43 Å². The Morgan fingerprint density at radius 3 is 2.41 bits per heavy atom. The van der Waals surface area contributed by atoms with E-state index in [1.165, 1.54) is 5.56 Å². The number of hydrogen-bond acceptors (Lipinski definition) is 5. The van der Waals surface area contributed by atoms with E-state index < -0.39 is 0 Å².